The molecule has 23 heavy (non-hydrogen) atoms. The molecule has 0 aliphatic rings. The van der Waals surface area contributed by atoms with Crippen LogP contribution in [0.5, 0.6) is 5.75 Å². The molecule has 0 N–H and O–H groups in total. The van der Waals surface area contributed by atoms with Crippen molar-refractivity contribution in [2.24, 2.45) is 0 Å². The van der Waals surface area contributed by atoms with Gasteiger partial charge < -0.3 is 14.4 Å². The van der Waals surface area contributed by atoms with Gasteiger partial charge in [0, 0.05) is 11.0 Å². The second-order valence-corrected chi connectivity index (χ2v) is 6.30. The molecule has 0 aliphatic carbocycles. The molecule has 0 spiro atoms. The summed E-state index contributed by atoms with van der Waals surface area (Å²) >= 11 is 3.40. The van der Waals surface area contributed by atoms with E-state index in [9.17, 15) is 4.79 Å². The topological polar surface area (TPSA) is 38.8 Å². The minimum Gasteiger partial charge on any atom is -0.492 e. The summed E-state index contributed by atoms with van der Waals surface area (Å²) in [6, 6.07) is 14.9. The highest BCUT2D eigenvalue weighted by atomic mass is 79.9. The third kappa shape index (κ3) is 6.04. The fourth-order valence-corrected chi connectivity index (χ4v) is 2.39. The van der Waals surface area contributed by atoms with Gasteiger partial charge in [0.2, 0.25) is 0 Å². The normalized spacial score (nSPS) is 10.6. The minimum absolute atomic E-state index is 0.253. The Morgan fingerprint density at radius 3 is 2.57 bits per heavy atom. The van der Waals surface area contributed by atoms with Crippen LogP contribution in [0, 0.1) is 0 Å². The predicted molar refractivity (Wildman–Crippen MR) is 93.8 cm³/mol. The molecule has 2 rings (SSSR count). The maximum atomic E-state index is 12.2. The summed E-state index contributed by atoms with van der Waals surface area (Å²) in [5.41, 5.74) is 1.42. The zero-order chi connectivity index (χ0) is 16.7. The molecule has 122 valence electrons. The van der Waals surface area contributed by atoms with Gasteiger partial charge in [-0.3, -0.25) is 0 Å². The number of esters is 1. The van der Waals surface area contributed by atoms with E-state index < -0.39 is 0 Å². The molecule has 0 bridgehead atoms. The van der Waals surface area contributed by atoms with E-state index in [0.29, 0.717) is 17.9 Å². The van der Waals surface area contributed by atoms with Crippen LogP contribution >= 0.6 is 15.9 Å². The number of likely N-dealkylation sites (N-methyl/N-ethyl adjacent to an activating group) is 1. The summed E-state index contributed by atoms with van der Waals surface area (Å²) in [5, 5.41) is 0. The molecule has 0 aliphatic heterocycles. The number of nitrogens with zero attached hydrogens (tertiary/aromatic N) is 1. The molecule has 2 aromatic carbocycles. The van der Waals surface area contributed by atoms with Crippen LogP contribution in [0.25, 0.3) is 0 Å². The number of benzene rings is 2. The first-order valence-electron chi connectivity index (χ1n) is 7.34. The second kappa shape index (κ2) is 8.70. The van der Waals surface area contributed by atoms with Gasteiger partial charge in [0.25, 0.3) is 0 Å². The van der Waals surface area contributed by atoms with Gasteiger partial charge in [-0.05, 0) is 37.9 Å². The summed E-state index contributed by atoms with van der Waals surface area (Å²) in [7, 11) is 3.97. The van der Waals surface area contributed by atoms with Crippen LogP contribution < -0.4 is 4.74 Å². The molecule has 2 aromatic rings. The van der Waals surface area contributed by atoms with E-state index in [1.807, 2.05) is 55.4 Å². The molecule has 0 saturated carbocycles. The smallest absolute Gasteiger partial charge is 0.338 e. The van der Waals surface area contributed by atoms with Crippen LogP contribution in [0.2, 0.25) is 0 Å². The van der Waals surface area contributed by atoms with E-state index >= 15 is 0 Å². The molecule has 0 aromatic heterocycles. The Bertz CT molecular complexity index is 644. The van der Waals surface area contributed by atoms with Crippen LogP contribution in [0.3, 0.4) is 0 Å². The summed E-state index contributed by atoms with van der Waals surface area (Å²) in [4.78, 5) is 14.2. The van der Waals surface area contributed by atoms with E-state index in [1.54, 1.807) is 12.1 Å². The zero-order valence-electron chi connectivity index (χ0n) is 13.3. The van der Waals surface area contributed by atoms with Gasteiger partial charge in [0.15, 0.2) is 0 Å². The highest BCUT2D eigenvalue weighted by molar-refractivity contribution is 9.10. The standard InChI is InChI=1S/C18H20BrNO3/c1-20(2)8-9-22-17-11-15(10-16(19)12-17)18(21)23-13-14-6-4-3-5-7-14/h3-7,10-12H,8-9,13H2,1-2H3. The minimum atomic E-state index is -0.368. The monoisotopic (exact) mass is 377 g/mol. The molecule has 0 saturated heterocycles. The Balaban J connectivity index is 1.97. The molecule has 0 heterocycles. The fraction of sp³-hybridized carbons (Fsp3) is 0.278. The Morgan fingerprint density at radius 2 is 1.87 bits per heavy atom. The van der Waals surface area contributed by atoms with Gasteiger partial charge in [-0.25, -0.2) is 4.79 Å². The number of halogens is 1. The van der Waals surface area contributed by atoms with Gasteiger partial charge in [0.05, 0.1) is 5.56 Å². The van der Waals surface area contributed by atoms with Crippen molar-refractivity contribution >= 4 is 21.9 Å². The van der Waals surface area contributed by atoms with Crippen molar-refractivity contribution < 1.29 is 14.3 Å². The fourth-order valence-electron chi connectivity index (χ4n) is 1.92. The average molecular weight is 378 g/mol. The Hall–Kier alpha value is -1.85. The lowest BCUT2D eigenvalue weighted by Crippen LogP contribution is -2.19. The highest BCUT2D eigenvalue weighted by Crippen LogP contribution is 2.22. The second-order valence-electron chi connectivity index (χ2n) is 5.39. The molecule has 0 amide bonds. The zero-order valence-corrected chi connectivity index (χ0v) is 14.9. The molecular weight excluding hydrogens is 358 g/mol. The first-order chi connectivity index (χ1) is 11.0. The van der Waals surface area contributed by atoms with Gasteiger partial charge in [-0.15, -0.1) is 0 Å². The summed E-state index contributed by atoms with van der Waals surface area (Å²) in [6.45, 7) is 1.62. The van der Waals surface area contributed by atoms with Crippen LogP contribution in [0.1, 0.15) is 15.9 Å². The number of hydrogen-bond donors (Lipinski definition) is 0. The van der Waals surface area contributed by atoms with Gasteiger partial charge in [0.1, 0.15) is 19.0 Å². The predicted octanol–water partition coefficient (Wildman–Crippen LogP) is 3.75. The first kappa shape index (κ1) is 17.5. The molecule has 4 nitrogen and oxygen atoms in total. The van der Waals surface area contributed by atoms with E-state index in [-0.39, 0.29) is 12.6 Å². The largest absolute Gasteiger partial charge is 0.492 e. The Morgan fingerprint density at radius 1 is 1.13 bits per heavy atom. The maximum absolute atomic E-state index is 12.2. The summed E-state index contributed by atoms with van der Waals surface area (Å²) < 4.78 is 11.8. The summed E-state index contributed by atoms with van der Waals surface area (Å²) in [6.07, 6.45) is 0. The molecule has 0 radical (unpaired) electrons. The summed E-state index contributed by atoms with van der Waals surface area (Å²) in [5.74, 6) is 0.278. The number of ether oxygens (including phenoxy) is 2. The number of rotatable bonds is 7. The number of hydrogen-bond acceptors (Lipinski definition) is 4. The molecular formula is C18H20BrNO3. The van der Waals surface area contributed by atoms with Gasteiger partial charge in [-0.2, -0.15) is 0 Å². The van der Waals surface area contributed by atoms with E-state index in [0.717, 1.165) is 16.6 Å². The van der Waals surface area contributed by atoms with Crippen molar-refractivity contribution in [3.63, 3.8) is 0 Å². The van der Waals surface area contributed by atoms with Crippen molar-refractivity contribution in [2.75, 3.05) is 27.2 Å². The lowest BCUT2D eigenvalue weighted by atomic mass is 10.2. The molecule has 0 unspecified atom stereocenters. The molecule has 0 fully saturated rings. The van der Waals surface area contributed by atoms with Crippen molar-refractivity contribution in [3.05, 3.63) is 64.1 Å². The molecule has 5 heteroatoms. The van der Waals surface area contributed by atoms with E-state index in [2.05, 4.69) is 15.9 Å². The van der Waals surface area contributed by atoms with Crippen molar-refractivity contribution in [1.29, 1.82) is 0 Å². The molecule has 0 atom stereocenters. The third-order valence-corrected chi connectivity index (χ3v) is 3.58. The van der Waals surface area contributed by atoms with Crippen LogP contribution in [-0.2, 0) is 11.3 Å². The van der Waals surface area contributed by atoms with Crippen LogP contribution in [0.4, 0.5) is 0 Å². The van der Waals surface area contributed by atoms with E-state index in [1.165, 1.54) is 0 Å². The first-order valence-corrected chi connectivity index (χ1v) is 8.13. The number of carbonyl (C=O) groups excluding carboxylic acids is 1. The lowest BCUT2D eigenvalue weighted by molar-refractivity contribution is 0.0472. The lowest BCUT2D eigenvalue weighted by Gasteiger charge is -2.12. The van der Waals surface area contributed by atoms with Crippen molar-refractivity contribution in [1.82, 2.24) is 4.90 Å². The highest BCUT2D eigenvalue weighted by Gasteiger charge is 2.11. The quantitative estimate of drug-likeness (QED) is 0.688. The Kier molecular flexibility index (Phi) is 6.62. The van der Waals surface area contributed by atoms with Crippen LogP contribution in [0.15, 0.2) is 53.0 Å². The van der Waals surface area contributed by atoms with Gasteiger partial charge >= 0.3 is 5.97 Å². The third-order valence-electron chi connectivity index (χ3n) is 3.13. The average Bonchev–Trinajstić information content (AvgIpc) is 2.52. The maximum Gasteiger partial charge on any atom is 0.338 e. The van der Waals surface area contributed by atoms with Crippen LogP contribution in [-0.4, -0.2) is 38.1 Å². The SMILES string of the molecule is CN(C)CCOc1cc(Br)cc(C(=O)OCc2ccccc2)c1. The van der Waals surface area contributed by atoms with Crippen molar-refractivity contribution in [3.8, 4) is 5.75 Å². The number of carbonyl (C=O) groups is 1. The van der Waals surface area contributed by atoms with Gasteiger partial charge in [-0.1, -0.05) is 46.3 Å². The Labute approximate surface area is 145 Å². The van der Waals surface area contributed by atoms with Crippen molar-refractivity contribution in [2.45, 2.75) is 6.61 Å². The van der Waals surface area contributed by atoms with E-state index in [4.69, 9.17) is 9.47 Å².